The molecule has 1 aromatic heterocycles. The Labute approximate surface area is 206 Å². The van der Waals surface area contributed by atoms with Crippen molar-refractivity contribution in [2.45, 2.75) is 19.8 Å². The maximum Gasteiger partial charge on any atom is 0.0708 e. The van der Waals surface area contributed by atoms with Crippen molar-refractivity contribution >= 4 is 11.6 Å². The van der Waals surface area contributed by atoms with Crippen LogP contribution in [-0.2, 0) is 0 Å². The second-order valence-corrected chi connectivity index (χ2v) is 9.23. The molecule has 5 aromatic rings. The zero-order chi connectivity index (χ0) is 23.5. The Morgan fingerprint density at radius 3 is 1.94 bits per heavy atom. The van der Waals surface area contributed by atoms with E-state index in [1.54, 1.807) is 0 Å². The fourth-order valence-electron chi connectivity index (χ4n) is 4.28. The highest BCUT2D eigenvalue weighted by atomic mass is 35.5. The van der Waals surface area contributed by atoms with E-state index >= 15 is 0 Å². The van der Waals surface area contributed by atoms with Crippen LogP contribution in [0.3, 0.4) is 0 Å². The molecular weight excluding hydrogens is 434 g/mol. The molecule has 0 aliphatic rings. The average molecular weight is 460 g/mol. The fourth-order valence-corrected chi connectivity index (χ4v) is 4.51. The van der Waals surface area contributed by atoms with Gasteiger partial charge < -0.3 is 0 Å². The molecule has 0 N–H and O–H groups in total. The van der Waals surface area contributed by atoms with Crippen LogP contribution in [-0.4, -0.2) is 4.98 Å². The Balaban J connectivity index is 1.65. The smallest absolute Gasteiger partial charge is 0.0708 e. The van der Waals surface area contributed by atoms with E-state index < -0.39 is 0 Å². The monoisotopic (exact) mass is 459 g/mol. The molecule has 0 aliphatic heterocycles. The van der Waals surface area contributed by atoms with Crippen LogP contribution in [0.15, 0.2) is 115 Å². The summed E-state index contributed by atoms with van der Waals surface area (Å²) >= 11 is 6.61. The second kappa shape index (κ2) is 9.67. The molecule has 2 heteroatoms. The third-order valence-corrected chi connectivity index (χ3v) is 6.55. The van der Waals surface area contributed by atoms with Crippen LogP contribution in [0.5, 0.6) is 0 Å². The zero-order valence-corrected chi connectivity index (χ0v) is 20.1. The van der Waals surface area contributed by atoms with Crippen molar-refractivity contribution < 1.29 is 0 Å². The van der Waals surface area contributed by atoms with Crippen molar-refractivity contribution in [1.29, 1.82) is 0 Å². The Bertz CT molecular complexity index is 1420. The van der Waals surface area contributed by atoms with E-state index in [-0.39, 0.29) is 0 Å². The molecule has 0 bridgehead atoms. The molecule has 5 rings (SSSR count). The highest BCUT2D eigenvalue weighted by Gasteiger charge is 2.14. The largest absolute Gasteiger partial charge is 0.256 e. The van der Waals surface area contributed by atoms with Crippen molar-refractivity contribution in [3.63, 3.8) is 0 Å². The molecule has 0 amide bonds. The molecule has 0 aliphatic carbocycles. The third-order valence-electron chi connectivity index (χ3n) is 6.22. The van der Waals surface area contributed by atoms with Crippen LogP contribution in [0.2, 0.25) is 5.02 Å². The lowest BCUT2D eigenvalue weighted by molar-refractivity contribution is 0.867. The minimum Gasteiger partial charge on any atom is -0.256 e. The Hall–Kier alpha value is -3.68. The molecule has 4 aromatic carbocycles. The van der Waals surface area contributed by atoms with Gasteiger partial charge in [0.05, 0.1) is 5.69 Å². The van der Waals surface area contributed by atoms with E-state index in [1.807, 2.05) is 30.5 Å². The summed E-state index contributed by atoms with van der Waals surface area (Å²) in [4.78, 5) is 4.86. The highest BCUT2D eigenvalue weighted by Crippen LogP contribution is 2.38. The van der Waals surface area contributed by atoms with E-state index in [1.165, 1.54) is 16.7 Å². The van der Waals surface area contributed by atoms with Crippen LogP contribution in [0.4, 0.5) is 0 Å². The quantitative estimate of drug-likeness (QED) is 0.255. The minimum absolute atomic E-state index is 0.465. The van der Waals surface area contributed by atoms with Gasteiger partial charge in [0.15, 0.2) is 0 Å². The van der Waals surface area contributed by atoms with Crippen LogP contribution in [0, 0.1) is 0 Å². The van der Waals surface area contributed by atoms with Crippen molar-refractivity contribution in [1.82, 2.24) is 4.98 Å². The Morgan fingerprint density at radius 2 is 1.21 bits per heavy atom. The number of hydrogen-bond donors (Lipinski definition) is 0. The second-order valence-electron chi connectivity index (χ2n) is 8.82. The van der Waals surface area contributed by atoms with Gasteiger partial charge in [0.2, 0.25) is 0 Å². The molecule has 0 radical (unpaired) electrons. The average Bonchev–Trinajstić information content (AvgIpc) is 2.89. The molecule has 0 atom stereocenters. The summed E-state index contributed by atoms with van der Waals surface area (Å²) in [5.74, 6) is 0.465. The molecule has 0 fully saturated rings. The van der Waals surface area contributed by atoms with Gasteiger partial charge >= 0.3 is 0 Å². The summed E-state index contributed by atoms with van der Waals surface area (Å²) in [5.41, 5.74) is 10.1. The summed E-state index contributed by atoms with van der Waals surface area (Å²) in [5, 5.41) is 0.723. The van der Waals surface area contributed by atoms with Crippen LogP contribution >= 0.6 is 11.6 Å². The van der Waals surface area contributed by atoms with Gasteiger partial charge in [0.25, 0.3) is 0 Å². The molecule has 0 saturated carbocycles. The predicted octanol–water partition coefficient (Wildman–Crippen LogP) is 9.53. The number of benzene rings is 4. The lowest BCUT2D eigenvalue weighted by Gasteiger charge is -2.15. The molecular formula is C32H26ClN. The van der Waals surface area contributed by atoms with Crippen LogP contribution in [0.1, 0.15) is 25.3 Å². The van der Waals surface area contributed by atoms with E-state index in [9.17, 15) is 0 Å². The summed E-state index contributed by atoms with van der Waals surface area (Å²) in [6, 6.07) is 38.0. The van der Waals surface area contributed by atoms with Gasteiger partial charge in [-0.05, 0) is 51.9 Å². The van der Waals surface area contributed by atoms with E-state index in [0.29, 0.717) is 5.92 Å². The van der Waals surface area contributed by atoms with E-state index in [0.717, 1.165) is 38.5 Å². The molecule has 0 saturated heterocycles. The van der Waals surface area contributed by atoms with Gasteiger partial charge in [-0.15, -0.1) is 0 Å². The van der Waals surface area contributed by atoms with Crippen molar-refractivity contribution in [3.05, 3.63) is 126 Å². The first-order chi connectivity index (χ1) is 16.6. The first kappa shape index (κ1) is 22.1. The lowest BCUT2D eigenvalue weighted by Crippen LogP contribution is -1.93. The van der Waals surface area contributed by atoms with Crippen LogP contribution in [0.25, 0.3) is 44.6 Å². The molecule has 0 spiro atoms. The summed E-state index contributed by atoms with van der Waals surface area (Å²) in [7, 11) is 0. The normalized spacial score (nSPS) is 11.1. The molecule has 1 heterocycles. The summed E-state index contributed by atoms with van der Waals surface area (Å²) in [6.07, 6.45) is 1.96. The van der Waals surface area contributed by atoms with Gasteiger partial charge in [0, 0.05) is 27.9 Å². The highest BCUT2D eigenvalue weighted by molar-refractivity contribution is 6.33. The lowest BCUT2D eigenvalue weighted by atomic mass is 9.92. The molecule has 1 nitrogen and oxygen atoms in total. The van der Waals surface area contributed by atoms with Gasteiger partial charge in [0.1, 0.15) is 0 Å². The Kier molecular flexibility index (Phi) is 6.29. The third kappa shape index (κ3) is 4.53. The number of halogens is 1. The van der Waals surface area contributed by atoms with Gasteiger partial charge in [-0.25, -0.2) is 0 Å². The SMILES string of the molecule is CC(C)c1cccc(-c2cc(-c3ccc(-c4ccccc4)cc3)c(-c3ccccc3Cl)cn2)c1. The standard InChI is InChI=1S/C32H26ClN/c1-22(2)26-11-8-12-27(19-26)32-20-29(30(21-34-32)28-13-6-7-14-31(28)33)25-17-15-24(16-18-25)23-9-4-3-5-10-23/h3-22H,1-2H3. The minimum atomic E-state index is 0.465. The fraction of sp³-hybridized carbons (Fsp3) is 0.0938. The molecule has 166 valence electrons. The van der Waals surface area contributed by atoms with E-state index in [2.05, 4.69) is 98.8 Å². The summed E-state index contributed by atoms with van der Waals surface area (Å²) in [6.45, 7) is 4.43. The molecule has 34 heavy (non-hydrogen) atoms. The number of rotatable bonds is 5. The number of aromatic nitrogens is 1. The molecule has 0 unspecified atom stereocenters. The van der Waals surface area contributed by atoms with Crippen molar-refractivity contribution in [2.75, 3.05) is 0 Å². The topological polar surface area (TPSA) is 12.9 Å². The predicted molar refractivity (Wildman–Crippen MR) is 145 cm³/mol. The van der Waals surface area contributed by atoms with Gasteiger partial charge in [-0.2, -0.15) is 0 Å². The van der Waals surface area contributed by atoms with Gasteiger partial charge in [-0.1, -0.05) is 116 Å². The maximum absolute atomic E-state index is 6.61. The van der Waals surface area contributed by atoms with E-state index in [4.69, 9.17) is 16.6 Å². The van der Waals surface area contributed by atoms with Crippen molar-refractivity contribution in [3.8, 4) is 44.6 Å². The Morgan fingerprint density at radius 1 is 0.559 bits per heavy atom. The number of pyridine rings is 1. The summed E-state index contributed by atoms with van der Waals surface area (Å²) < 4.78 is 0. The van der Waals surface area contributed by atoms with Crippen molar-refractivity contribution in [2.24, 2.45) is 0 Å². The van der Waals surface area contributed by atoms with Gasteiger partial charge in [-0.3, -0.25) is 4.98 Å². The first-order valence-electron chi connectivity index (χ1n) is 11.6. The van der Waals surface area contributed by atoms with Crippen LogP contribution < -0.4 is 0 Å². The maximum atomic E-state index is 6.61. The zero-order valence-electron chi connectivity index (χ0n) is 19.4. The number of hydrogen-bond acceptors (Lipinski definition) is 1. The first-order valence-corrected chi connectivity index (χ1v) is 12.0. The number of nitrogens with zero attached hydrogens (tertiary/aromatic N) is 1.